The molecule has 1 atom stereocenters. The molecule has 0 saturated carbocycles. The second-order valence-corrected chi connectivity index (χ2v) is 6.11. The third kappa shape index (κ3) is 6.01. The minimum atomic E-state index is -4.72. The van der Waals surface area contributed by atoms with Gasteiger partial charge in [-0.25, -0.2) is 0 Å². The molecule has 8 heteroatoms. The van der Waals surface area contributed by atoms with Crippen LogP contribution in [0.2, 0.25) is 0 Å². The molecule has 1 aliphatic heterocycles. The molecule has 5 nitrogen and oxygen atoms in total. The van der Waals surface area contributed by atoms with Crippen LogP contribution in [0, 0.1) is 0 Å². The molecule has 24 heavy (non-hydrogen) atoms. The number of amides is 1. The van der Waals surface area contributed by atoms with Gasteiger partial charge in [0.1, 0.15) is 5.75 Å². The van der Waals surface area contributed by atoms with Gasteiger partial charge in [0.05, 0.1) is 6.54 Å². The molecule has 1 amide bonds. The molecule has 0 radical (unpaired) electrons. The Bertz CT molecular complexity index is 564. The molecule has 1 heterocycles. The van der Waals surface area contributed by atoms with Crippen LogP contribution < -0.4 is 10.1 Å². The van der Waals surface area contributed by atoms with Gasteiger partial charge in [-0.1, -0.05) is 12.1 Å². The van der Waals surface area contributed by atoms with Gasteiger partial charge in [-0.05, 0) is 38.2 Å². The number of ether oxygens (including phenoxy) is 1. The Kier molecular flexibility index (Phi) is 6.06. The molecule has 0 aromatic heterocycles. The summed E-state index contributed by atoms with van der Waals surface area (Å²) in [5, 5.41) is 2.73. The van der Waals surface area contributed by atoms with Gasteiger partial charge in [0, 0.05) is 25.7 Å². The van der Waals surface area contributed by atoms with E-state index in [1.165, 1.54) is 18.2 Å². The van der Waals surface area contributed by atoms with Gasteiger partial charge < -0.3 is 15.0 Å². The Balaban J connectivity index is 1.79. The number of hydrogen-bond donors (Lipinski definition) is 1. The highest BCUT2D eigenvalue weighted by Crippen LogP contribution is 2.23. The number of likely N-dealkylation sites (N-methyl/N-ethyl adjacent to an activating group) is 1. The lowest BCUT2D eigenvalue weighted by Gasteiger charge is -2.20. The number of benzene rings is 1. The van der Waals surface area contributed by atoms with E-state index in [2.05, 4.69) is 19.9 Å². The van der Waals surface area contributed by atoms with E-state index >= 15 is 0 Å². The van der Waals surface area contributed by atoms with Crippen LogP contribution >= 0.6 is 0 Å². The standard InChI is InChI=1S/C16H22F3N3O2/c1-21(2)13-6-7-22(10-13)11-15(23)20-9-12-4-3-5-14(8-12)24-16(17,18)19/h3-5,8,13H,6-7,9-11H2,1-2H3,(H,20,23)/t13-/m0/s1. The van der Waals surface area contributed by atoms with Gasteiger partial charge in [-0.3, -0.25) is 9.69 Å². The minimum Gasteiger partial charge on any atom is -0.406 e. The van der Waals surface area contributed by atoms with E-state index in [0.717, 1.165) is 19.5 Å². The van der Waals surface area contributed by atoms with Crippen LogP contribution in [0.4, 0.5) is 13.2 Å². The zero-order chi connectivity index (χ0) is 17.7. The maximum absolute atomic E-state index is 12.2. The summed E-state index contributed by atoms with van der Waals surface area (Å²) in [7, 11) is 4.04. The molecule has 134 valence electrons. The number of carbonyl (C=O) groups is 1. The van der Waals surface area contributed by atoms with Crippen LogP contribution in [-0.4, -0.2) is 61.8 Å². The van der Waals surface area contributed by atoms with Crippen LogP contribution in [0.5, 0.6) is 5.75 Å². The lowest BCUT2D eigenvalue weighted by molar-refractivity contribution is -0.274. The predicted octanol–water partition coefficient (Wildman–Crippen LogP) is 1.84. The van der Waals surface area contributed by atoms with Crippen LogP contribution in [0.3, 0.4) is 0 Å². The van der Waals surface area contributed by atoms with Crippen molar-refractivity contribution < 1.29 is 22.7 Å². The van der Waals surface area contributed by atoms with Crippen molar-refractivity contribution in [3.63, 3.8) is 0 Å². The van der Waals surface area contributed by atoms with Gasteiger partial charge in [0.25, 0.3) is 0 Å². The number of likely N-dealkylation sites (tertiary alicyclic amines) is 1. The van der Waals surface area contributed by atoms with Gasteiger partial charge in [0.15, 0.2) is 0 Å². The first-order chi connectivity index (χ1) is 11.2. The first-order valence-electron chi connectivity index (χ1n) is 7.73. The second kappa shape index (κ2) is 7.85. The van der Waals surface area contributed by atoms with Crippen LogP contribution in [0.25, 0.3) is 0 Å². The number of halogens is 3. The van der Waals surface area contributed by atoms with Crippen LogP contribution in [0.15, 0.2) is 24.3 Å². The van der Waals surface area contributed by atoms with Crippen molar-refractivity contribution in [3.05, 3.63) is 29.8 Å². The topological polar surface area (TPSA) is 44.8 Å². The zero-order valence-corrected chi connectivity index (χ0v) is 13.8. The SMILES string of the molecule is CN(C)[C@H]1CCN(CC(=O)NCc2cccc(OC(F)(F)F)c2)C1. The first kappa shape index (κ1) is 18.5. The molecular weight excluding hydrogens is 323 g/mol. The molecule has 0 aliphatic carbocycles. The number of nitrogens with one attached hydrogen (secondary N) is 1. The Labute approximate surface area is 139 Å². The third-order valence-electron chi connectivity index (χ3n) is 3.97. The number of hydrogen-bond acceptors (Lipinski definition) is 4. The Morgan fingerprint density at radius 3 is 2.79 bits per heavy atom. The van der Waals surface area contributed by atoms with Crippen molar-refractivity contribution in [2.75, 3.05) is 33.7 Å². The lowest BCUT2D eigenvalue weighted by atomic mass is 10.2. The summed E-state index contributed by atoms with van der Waals surface area (Å²) in [5.74, 6) is -0.431. The summed E-state index contributed by atoms with van der Waals surface area (Å²) in [6.45, 7) is 2.17. The summed E-state index contributed by atoms with van der Waals surface area (Å²) in [5.41, 5.74) is 0.553. The van der Waals surface area contributed by atoms with Crippen molar-refractivity contribution in [2.45, 2.75) is 25.4 Å². The van der Waals surface area contributed by atoms with Crippen LogP contribution in [-0.2, 0) is 11.3 Å². The fraction of sp³-hybridized carbons (Fsp3) is 0.562. The Morgan fingerprint density at radius 2 is 2.17 bits per heavy atom. The van der Waals surface area contributed by atoms with Gasteiger partial charge in [-0.15, -0.1) is 13.2 Å². The molecule has 0 unspecified atom stereocenters. The van der Waals surface area contributed by atoms with E-state index in [0.29, 0.717) is 18.2 Å². The highest BCUT2D eigenvalue weighted by molar-refractivity contribution is 5.78. The third-order valence-corrected chi connectivity index (χ3v) is 3.97. The summed E-state index contributed by atoms with van der Waals surface area (Å²) < 4.78 is 40.5. The molecule has 1 aromatic carbocycles. The first-order valence-corrected chi connectivity index (χ1v) is 7.73. The second-order valence-electron chi connectivity index (χ2n) is 6.11. The van der Waals surface area contributed by atoms with Crippen molar-refractivity contribution in [3.8, 4) is 5.75 Å². The van der Waals surface area contributed by atoms with E-state index in [1.807, 2.05) is 14.1 Å². The molecule has 1 fully saturated rings. The Morgan fingerprint density at radius 1 is 1.42 bits per heavy atom. The summed E-state index contributed by atoms with van der Waals surface area (Å²) >= 11 is 0. The number of nitrogens with zero attached hydrogens (tertiary/aromatic N) is 2. The van der Waals surface area contributed by atoms with E-state index in [1.54, 1.807) is 6.07 Å². The minimum absolute atomic E-state index is 0.142. The van der Waals surface area contributed by atoms with Gasteiger partial charge in [0.2, 0.25) is 5.91 Å². The molecule has 1 aromatic rings. The van der Waals surface area contributed by atoms with Gasteiger partial charge >= 0.3 is 6.36 Å². The normalized spacial score (nSPS) is 18.8. The molecule has 0 spiro atoms. The monoisotopic (exact) mass is 345 g/mol. The van der Waals surface area contributed by atoms with E-state index in [4.69, 9.17) is 0 Å². The average Bonchev–Trinajstić information content (AvgIpc) is 2.92. The number of rotatable bonds is 6. The van der Waals surface area contributed by atoms with Crippen molar-refractivity contribution in [2.24, 2.45) is 0 Å². The molecule has 1 aliphatic rings. The lowest BCUT2D eigenvalue weighted by Crippen LogP contribution is -2.38. The summed E-state index contributed by atoms with van der Waals surface area (Å²) in [4.78, 5) is 16.2. The fourth-order valence-electron chi connectivity index (χ4n) is 2.69. The largest absolute Gasteiger partial charge is 0.573 e. The molecule has 2 rings (SSSR count). The maximum atomic E-state index is 12.2. The predicted molar refractivity (Wildman–Crippen MR) is 83.5 cm³/mol. The van der Waals surface area contributed by atoms with Gasteiger partial charge in [-0.2, -0.15) is 0 Å². The van der Waals surface area contributed by atoms with Crippen molar-refractivity contribution >= 4 is 5.91 Å². The van der Waals surface area contributed by atoms with E-state index in [9.17, 15) is 18.0 Å². The quantitative estimate of drug-likeness (QED) is 0.855. The van der Waals surface area contributed by atoms with Crippen molar-refractivity contribution in [1.29, 1.82) is 0 Å². The number of alkyl halides is 3. The zero-order valence-electron chi connectivity index (χ0n) is 13.8. The maximum Gasteiger partial charge on any atom is 0.573 e. The average molecular weight is 345 g/mol. The highest BCUT2D eigenvalue weighted by atomic mass is 19.4. The smallest absolute Gasteiger partial charge is 0.406 e. The molecule has 1 saturated heterocycles. The Hall–Kier alpha value is -1.80. The summed E-state index contributed by atoms with van der Waals surface area (Å²) in [6.07, 6.45) is -3.70. The highest BCUT2D eigenvalue weighted by Gasteiger charge is 2.31. The molecular formula is C16H22F3N3O2. The van der Waals surface area contributed by atoms with Crippen LogP contribution in [0.1, 0.15) is 12.0 Å². The molecule has 0 bridgehead atoms. The van der Waals surface area contributed by atoms with E-state index < -0.39 is 6.36 Å². The fourth-order valence-corrected chi connectivity index (χ4v) is 2.69. The van der Waals surface area contributed by atoms with E-state index in [-0.39, 0.29) is 18.2 Å². The number of carbonyl (C=O) groups excluding carboxylic acids is 1. The summed E-state index contributed by atoms with van der Waals surface area (Å²) in [6, 6.07) is 6.05. The van der Waals surface area contributed by atoms with Crippen molar-refractivity contribution in [1.82, 2.24) is 15.1 Å². The molecule has 1 N–H and O–H groups in total.